The first kappa shape index (κ1) is 26.7. The minimum absolute atomic E-state index is 0.106. The zero-order valence-corrected chi connectivity index (χ0v) is 22.4. The number of hydrogen-bond donors (Lipinski definition) is 3. The lowest BCUT2D eigenvalue weighted by atomic mass is 9.86. The van der Waals surface area contributed by atoms with Gasteiger partial charge in [-0.25, -0.2) is 9.97 Å². The Kier molecular flexibility index (Phi) is 8.17. The first-order valence-corrected chi connectivity index (χ1v) is 13.2. The number of aliphatic hydroxyl groups excluding tert-OH is 1. The average molecular weight is 516 g/mol. The molecule has 4 aromatic rings. The molecule has 0 bridgehead atoms. The molecule has 1 atom stereocenters. The highest BCUT2D eigenvalue weighted by Gasteiger charge is 2.21. The van der Waals surface area contributed by atoms with Gasteiger partial charge in [0.25, 0.3) is 5.91 Å². The summed E-state index contributed by atoms with van der Waals surface area (Å²) in [6.07, 6.45) is 3.10. The second kappa shape index (κ2) is 11.3. The van der Waals surface area contributed by atoms with E-state index < -0.39 is 12.3 Å². The summed E-state index contributed by atoms with van der Waals surface area (Å²) < 4.78 is 0. The van der Waals surface area contributed by atoms with Crippen molar-refractivity contribution in [2.75, 3.05) is 0 Å². The van der Waals surface area contributed by atoms with Crippen LogP contribution in [0.1, 0.15) is 53.4 Å². The summed E-state index contributed by atoms with van der Waals surface area (Å²) in [5, 5.41) is 22.4. The summed E-state index contributed by atoms with van der Waals surface area (Å²) >= 11 is 1.41. The number of thiophene rings is 1. The summed E-state index contributed by atoms with van der Waals surface area (Å²) in [7, 11) is 0. The van der Waals surface area contributed by atoms with Gasteiger partial charge in [0.05, 0.1) is 10.9 Å². The van der Waals surface area contributed by atoms with E-state index in [1.165, 1.54) is 16.9 Å². The number of benzene rings is 2. The first-order chi connectivity index (χ1) is 17.6. The molecular weight excluding hydrogens is 482 g/mol. The maximum Gasteiger partial charge on any atom is 0.261 e. The Morgan fingerprint density at radius 1 is 0.892 bits per heavy atom. The second-order valence-corrected chi connectivity index (χ2v) is 11.3. The van der Waals surface area contributed by atoms with Gasteiger partial charge in [-0.1, -0.05) is 76.2 Å². The lowest BCUT2D eigenvalue weighted by Crippen LogP contribution is -2.44. The molecule has 0 aliphatic carbocycles. The van der Waals surface area contributed by atoms with Crippen molar-refractivity contribution < 1.29 is 15.0 Å². The third kappa shape index (κ3) is 6.68. The molecule has 2 heterocycles. The molecule has 0 fully saturated rings. The monoisotopic (exact) mass is 515 g/mol. The number of aromatic nitrogens is 2. The Bertz CT molecular complexity index is 1320. The zero-order valence-electron chi connectivity index (χ0n) is 21.6. The van der Waals surface area contributed by atoms with Crippen molar-refractivity contribution in [3.8, 4) is 22.5 Å². The van der Waals surface area contributed by atoms with E-state index in [1.54, 1.807) is 6.07 Å². The van der Waals surface area contributed by atoms with E-state index in [9.17, 15) is 15.0 Å². The maximum atomic E-state index is 12.6. The van der Waals surface area contributed by atoms with Crippen molar-refractivity contribution in [3.05, 3.63) is 93.9 Å². The number of amides is 1. The molecule has 0 saturated heterocycles. The molecule has 2 aromatic heterocycles. The summed E-state index contributed by atoms with van der Waals surface area (Å²) in [6.45, 7) is 8.61. The van der Waals surface area contributed by atoms with Crippen LogP contribution in [0.5, 0.6) is 0 Å². The lowest BCUT2D eigenvalue weighted by Gasteiger charge is -2.20. The predicted octanol–water partition coefficient (Wildman–Crippen LogP) is 5.38. The molecule has 0 spiro atoms. The molecule has 1 unspecified atom stereocenters. The molecule has 0 aliphatic heterocycles. The SMILES string of the molecule is CCc1ccc(C(=O)NC(Cc2ccc(-c3ncc(-c4ccc(C(C)(C)C)cc4)cn3)cc2)C(O)O)s1. The zero-order chi connectivity index (χ0) is 26.6. The minimum atomic E-state index is -1.68. The number of aryl methyl sites for hydroxylation is 1. The van der Waals surface area contributed by atoms with Gasteiger partial charge in [-0.15, -0.1) is 11.3 Å². The van der Waals surface area contributed by atoms with Crippen LogP contribution in [0.3, 0.4) is 0 Å². The standard InChI is InChI=1S/C30H33N3O3S/c1-5-24-14-15-26(37-24)28(34)33-25(29(35)36)16-19-6-8-21(9-7-19)27-31-17-22(18-32-27)20-10-12-23(13-11-20)30(2,3)4/h6-15,17-18,25,29,35-36H,5,16H2,1-4H3,(H,33,34). The van der Waals surface area contributed by atoms with Crippen LogP contribution in [0, 0.1) is 0 Å². The van der Waals surface area contributed by atoms with E-state index in [0.29, 0.717) is 10.7 Å². The summed E-state index contributed by atoms with van der Waals surface area (Å²) in [6, 6.07) is 18.9. The Hall–Kier alpha value is -3.39. The van der Waals surface area contributed by atoms with Gasteiger partial charge in [0.15, 0.2) is 12.1 Å². The van der Waals surface area contributed by atoms with Crippen molar-refractivity contribution in [2.24, 2.45) is 0 Å². The Labute approximate surface area is 222 Å². The topological polar surface area (TPSA) is 95.3 Å². The fourth-order valence-corrected chi connectivity index (χ4v) is 4.84. The molecular formula is C30H33N3O3S. The number of aliphatic hydroxyl groups is 2. The van der Waals surface area contributed by atoms with Crippen molar-refractivity contribution in [1.82, 2.24) is 15.3 Å². The first-order valence-electron chi connectivity index (χ1n) is 12.4. The Morgan fingerprint density at radius 2 is 1.51 bits per heavy atom. The van der Waals surface area contributed by atoms with Crippen molar-refractivity contribution in [1.29, 1.82) is 0 Å². The smallest absolute Gasteiger partial charge is 0.261 e. The van der Waals surface area contributed by atoms with Crippen LogP contribution in [0.4, 0.5) is 0 Å². The average Bonchev–Trinajstić information content (AvgIpc) is 3.38. The van der Waals surface area contributed by atoms with Gasteiger partial charge in [0, 0.05) is 28.4 Å². The van der Waals surface area contributed by atoms with Crippen molar-refractivity contribution in [2.45, 2.75) is 58.3 Å². The number of carbonyl (C=O) groups excluding carboxylic acids is 1. The van der Waals surface area contributed by atoms with Crippen LogP contribution < -0.4 is 5.32 Å². The molecule has 0 radical (unpaired) electrons. The van der Waals surface area contributed by atoms with Gasteiger partial charge >= 0.3 is 0 Å². The molecule has 0 saturated carbocycles. The fourth-order valence-electron chi connectivity index (χ4n) is 3.99. The third-order valence-electron chi connectivity index (χ3n) is 6.31. The number of nitrogens with one attached hydrogen (secondary N) is 1. The van der Waals surface area contributed by atoms with Gasteiger partial charge in [0.1, 0.15) is 0 Å². The van der Waals surface area contributed by atoms with Crippen molar-refractivity contribution in [3.63, 3.8) is 0 Å². The highest BCUT2D eigenvalue weighted by atomic mass is 32.1. The van der Waals surface area contributed by atoms with Crippen LogP contribution in [0.2, 0.25) is 0 Å². The van der Waals surface area contributed by atoms with Crippen LogP contribution in [0.25, 0.3) is 22.5 Å². The Morgan fingerprint density at radius 3 is 2.05 bits per heavy atom. The van der Waals surface area contributed by atoms with Crippen molar-refractivity contribution >= 4 is 17.2 Å². The quantitative estimate of drug-likeness (QED) is 0.274. The molecule has 3 N–H and O–H groups in total. The largest absolute Gasteiger partial charge is 0.366 e. The predicted molar refractivity (Wildman–Crippen MR) is 148 cm³/mol. The van der Waals surface area contributed by atoms with E-state index in [-0.39, 0.29) is 17.7 Å². The molecule has 37 heavy (non-hydrogen) atoms. The molecule has 1 amide bonds. The number of nitrogens with zero attached hydrogens (tertiary/aromatic N) is 2. The maximum absolute atomic E-state index is 12.6. The lowest BCUT2D eigenvalue weighted by molar-refractivity contribution is -0.0647. The van der Waals surface area contributed by atoms with Crippen LogP contribution in [-0.4, -0.2) is 38.4 Å². The molecule has 2 aromatic carbocycles. The third-order valence-corrected chi connectivity index (χ3v) is 7.54. The summed E-state index contributed by atoms with van der Waals surface area (Å²) in [5.74, 6) is 0.305. The van der Waals surface area contributed by atoms with Crippen LogP contribution in [0.15, 0.2) is 73.1 Å². The van der Waals surface area contributed by atoms with E-state index in [4.69, 9.17) is 0 Å². The Balaban J connectivity index is 1.42. The highest BCUT2D eigenvalue weighted by Crippen LogP contribution is 2.26. The van der Waals surface area contributed by atoms with Gasteiger partial charge in [-0.2, -0.15) is 0 Å². The highest BCUT2D eigenvalue weighted by molar-refractivity contribution is 7.14. The molecule has 4 rings (SSSR count). The number of carbonyl (C=O) groups is 1. The molecule has 6 nitrogen and oxygen atoms in total. The van der Waals surface area contributed by atoms with Crippen LogP contribution >= 0.6 is 11.3 Å². The van der Waals surface area contributed by atoms with Gasteiger partial charge in [-0.05, 0) is 47.1 Å². The van der Waals surface area contributed by atoms with E-state index >= 15 is 0 Å². The van der Waals surface area contributed by atoms with Gasteiger partial charge < -0.3 is 15.5 Å². The van der Waals surface area contributed by atoms with E-state index in [2.05, 4.69) is 60.3 Å². The molecule has 192 valence electrons. The van der Waals surface area contributed by atoms with Crippen LogP contribution in [-0.2, 0) is 18.3 Å². The second-order valence-electron chi connectivity index (χ2n) is 10.1. The number of rotatable bonds is 8. The van der Waals surface area contributed by atoms with E-state index in [0.717, 1.165) is 33.6 Å². The fraction of sp³-hybridized carbons (Fsp3) is 0.300. The summed E-state index contributed by atoms with van der Waals surface area (Å²) in [4.78, 5) is 23.3. The molecule has 0 aliphatic rings. The minimum Gasteiger partial charge on any atom is -0.366 e. The molecule has 7 heteroatoms. The normalized spacial score (nSPS) is 12.5. The number of hydrogen-bond acceptors (Lipinski definition) is 6. The van der Waals surface area contributed by atoms with E-state index in [1.807, 2.05) is 49.6 Å². The summed E-state index contributed by atoms with van der Waals surface area (Å²) in [5.41, 5.74) is 5.12. The van der Waals surface area contributed by atoms with Gasteiger partial charge in [0.2, 0.25) is 0 Å². The van der Waals surface area contributed by atoms with Gasteiger partial charge in [-0.3, -0.25) is 4.79 Å².